The number of fused-ring (bicyclic) bond motifs is 1. The molecule has 0 aromatic rings. The van der Waals surface area contributed by atoms with Crippen LogP contribution >= 0.6 is 0 Å². The smallest absolute Gasteiger partial charge is 0.405 e. The minimum Gasteiger partial charge on any atom is -0.458 e. The molecule has 3 fully saturated rings. The summed E-state index contributed by atoms with van der Waals surface area (Å²) in [6.07, 6.45) is -5.22. The number of rotatable bonds is 11. The number of carbonyl (C=O) groups excluding carboxylic acids is 4. The van der Waals surface area contributed by atoms with Crippen molar-refractivity contribution >= 4 is 34.0 Å². The lowest BCUT2D eigenvalue weighted by Crippen LogP contribution is -2.45. The Morgan fingerprint density at radius 2 is 1.78 bits per heavy atom. The van der Waals surface area contributed by atoms with Crippen molar-refractivity contribution in [2.75, 3.05) is 6.61 Å². The summed E-state index contributed by atoms with van der Waals surface area (Å²) < 4.78 is 82.9. The molecule has 204 valence electrons. The highest BCUT2D eigenvalue weighted by Gasteiger charge is 2.70. The summed E-state index contributed by atoms with van der Waals surface area (Å²) in [6.45, 7) is 5.65. The van der Waals surface area contributed by atoms with Crippen molar-refractivity contribution in [2.45, 2.75) is 76.3 Å². The molecule has 7 atom stereocenters. The van der Waals surface area contributed by atoms with Crippen LogP contribution in [-0.2, 0) is 53.0 Å². The summed E-state index contributed by atoms with van der Waals surface area (Å²) in [5.41, 5.74) is 0. The third-order valence-corrected chi connectivity index (χ3v) is 7.60. The first kappa shape index (κ1) is 28.2. The van der Waals surface area contributed by atoms with Crippen LogP contribution in [0.5, 0.6) is 0 Å². The molecule has 1 N–H and O–H groups in total. The molecule has 0 aromatic heterocycles. The Morgan fingerprint density at radius 3 is 2.36 bits per heavy atom. The van der Waals surface area contributed by atoms with Crippen molar-refractivity contribution < 1.29 is 64.6 Å². The van der Waals surface area contributed by atoms with Crippen LogP contribution in [0.25, 0.3) is 0 Å². The number of halogens is 2. The van der Waals surface area contributed by atoms with E-state index in [9.17, 15) is 36.4 Å². The molecule has 2 aliphatic carbocycles. The second-order valence-corrected chi connectivity index (χ2v) is 10.9. The number of alkyl halides is 2. The van der Waals surface area contributed by atoms with Crippen LogP contribution in [0.15, 0.2) is 0 Å². The molecule has 36 heavy (non-hydrogen) atoms. The SMILES string of the molecule is CCOC(C)(C)OC(=O)C1C2CC3C(OC(=O)C31)C2OC(=O)CCC(=O)OC(C)C(F)(F)S(=O)(=O)O. The van der Waals surface area contributed by atoms with E-state index in [1.807, 2.05) is 0 Å². The van der Waals surface area contributed by atoms with Crippen LogP contribution in [0.4, 0.5) is 8.78 Å². The number of esters is 4. The van der Waals surface area contributed by atoms with Gasteiger partial charge in [0.25, 0.3) is 0 Å². The molecule has 3 aliphatic rings. The predicted octanol–water partition coefficient (Wildman–Crippen LogP) is 1.21. The Balaban J connectivity index is 1.59. The summed E-state index contributed by atoms with van der Waals surface area (Å²) in [5, 5.41) is -4.74. The second kappa shape index (κ2) is 9.82. The first-order chi connectivity index (χ1) is 16.5. The number of hydrogen-bond acceptors (Lipinski definition) is 11. The third-order valence-electron chi connectivity index (χ3n) is 6.58. The van der Waals surface area contributed by atoms with Crippen LogP contribution < -0.4 is 0 Å². The topological polar surface area (TPSA) is 169 Å². The molecule has 0 amide bonds. The maximum atomic E-state index is 13.5. The van der Waals surface area contributed by atoms with Crippen molar-refractivity contribution in [2.24, 2.45) is 23.7 Å². The second-order valence-electron chi connectivity index (χ2n) is 9.39. The van der Waals surface area contributed by atoms with Gasteiger partial charge in [-0.2, -0.15) is 17.2 Å². The van der Waals surface area contributed by atoms with E-state index in [-0.39, 0.29) is 12.5 Å². The average molecular weight is 543 g/mol. The van der Waals surface area contributed by atoms with E-state index < -0.39 is 93.9 Å². The molecule has 3 rings (SSSR count). The highest BCUT2D eigenvalue weighted by molar-refractivity contribution is 7.86. The summed E-state index contributed by atoms with van der Waals surface area (Å²) >= 11 is 0. The molecule has 0 aromatic carbocycles. The molecule has 0 spiro atoms. The van der Waals surface area contributed by atoms with Gasteiger partial charge in [-0.1, -0.05) is 0 Å². The van der Waals surface area contributed by atoms with E-state index in [0.29, 0.717) is 13.3 Å². The van der Waals surface area contributed by atoms with Crippen molar-refractivity contribution in [3.05, 3.63) is 0 Å². The fourth-order valence-corrected chi connectivity index (χ4v) is 5.57. The molecule has 1 aliphatic heterocycles. The van der Waals surface area contributed by atoms with Crippen LogP contribution in [-0.4, -0.2) is 72.8 Å². The maximum Gasteiger partial charge on any atom is 0.405 e. The van der Waals surface area contributed by atoms with Crippen LogP contribution in [0.2, 0.25) is 0 Å². The van der Waals surface area contributed by atoms with Gasteiger partial charge in [-0.25, -0.2) is 0 Å². The van der Waals surface area contributed by atoms with Gasteiger partial charge in [0.15, 0.2) is 6.10 Å². The highest BCUT2D eigenvalue weighted by atomic mass is 32.2. The summed E-state index contributed by atoms with van der Waals surface area (Å²) in [6, 6.07) is 0. The monoisotopic (exact) mass is 542 g/mol. The Hall–Kier alpha value is -2.39. The van der Waals surface area contributed by atoms with Gasteiger partial charge in [0.2, 0.25) is 5.79 Å². The maximum absolute atomic E-state index is 13.5. The van der Waals surface area contributed by atoms with Crippen LogP contribution in [0, 0.1) is 23.7 Å². The molecule has 2 saturated carbocycles. The van der Waals surface area contributed by atoms with Gasteiger partial charge < -0.3 is 23.7 Å². The van der Waals surface area contributed by atoms with Crippen molar-refractivity contribution in [1.82, 2.24) is 0 Å². The van der Waals surface area contributed by atoms with Crippen molar-refractivity contribution in [1.29, 1.82) is 0 Å². The minimum atomic E-state index is -5.83. The standard InChI is InChI=1S/C21H28F2O12S/c1-5-31-20(3,4)35-19(27)15-11-8-10-14(15)18(26)34-17(10)16(11)33-13(25)7-6-12(24)32-9(2)21(22,23)36(28,29)30/h9-11,14-17H,5-8H2,1-4H3,(H,28,29,30). The third kappa shape index (κ3) is 5.32. The van der Waals surface area contributed by atoms with E-state index in [1.165, 1.54) is 0 Å². The first-order valence-electron chi connectivity index (χ1n) is 11.3. The van der Waals surface area contributed by atoms with Crippen LogP contribution in [0.1, 0.15) is 47.0 Å². The molecule has 0 radical (unpaired) electrons. The quantitative estimate of drug-likeness (QED) is 0.172. The summed E-state index contributed by atoms with van der Waals surface area (Å²) in [5.74, 6) is -7.41. The molecule has 1 saturated heterocycles. The van der Waals surface area contributed by atoms with E-state index in [4.69, 9.17) is 23.5 Å². The number of carbonyl (C=O) groups is 4. The van der Waals surface area contributed by atoms with Gasteiger partial charge >= 0.3 is 39.2 Å². The van der Waals surface area contributed by atoms with E-state index in [2.05, 4.69) is 4.74 Å². The zero-order valence-electron chi connectivity index (χ0n) is 20.0. The van der Waals surface area contributed by atoms with Gasteiger partial charge in [0, 0.05) is 32.3 Å². The van der Waals surface area contributed by atoms with Crippen LogP contribution in [0.3, 0.4) is 0 Å². The van der Waals surface area contributed by atoms with Crippen molar-refractivity contribution in [3.8, 4) is 0 Å². The molecule has 7 unspecified atom stereocenters. The van der Waals surface area contributed by atoms with Gasteiger partial charge in [-0.15, -0.1) is 0 Å². The summed E-state index contributed by atoms with van der Waals surface area (Å²) in [7, 11) is -5.83. The van der Waals surface area contributed by atoms with Gasteiger partial charge in [0.05, 0.1) is 24.7 Å². The Bertz CT molecular complexity index is 1030. The first-order valence-corrected chi connectivity index (χ1v) is 12.7. The number of hydrogen-bond donors (Lipinski definition) is 1. The van der Waals surface area contributed by atoms with Gasteiger partial charge in [-0.05, 0) is 20.3 Å². The zero-order chi connectivity index (χ0) is 27.2. The lowest BCUT2D eigenvalue weighted by Gasteiger charge is -2.33. The lowest BCUT2D eigenvalue weighted by molar-refractivity contribution is -0.221. The zero-order valence-corrected chi connectivity index (χ0v) is 20.8. The highest BCUT2D eigenvalue weighted by Crippen LogP contribution is 2.59. The largest absolute Gasteiger partial charge is 0.458 e. The van der Waals surface area contributed by atoms with E-state index in [0.717, 1.165) is 0 Å². The number of ether oxygens (including phenoxy) is 5. The van der Waals surface area contributed by atoms with Gasteiger partial charge in [0.1, 0.15) is 12.2 Å². The van der Waals surface area contributed by atoms with E-state index in [1.54, 1.807) is 20.8 Å². The molecule has 1 heterocycles. The Labute approximate surface area is 205 Å². The van der Waals surface area contributed by atoms with Gasteiger partial charge in [-0.3, -0.25) is 23.7 Å². The fraction of sp³-hybridized carbons (Fsp3) is 0.810. The predicted molar refractivity (Wildman–Crippen MR) is 111 cm³/mol. The summed E-state index contributed by atoms with van der Waals surface area (Å²) in [4.78, 5) is 49.5. The average Bonchev–Trinajstić information content (AvgIpc) is 3.34. The van der Waals surface area contributed by atoms with E-state index >= 15 is 0 Å². The Kier molecular flexibility index (Phi) is 7.69. The van der Waals surface area contributed by atoms with Crippen molar-refractivity contribution in [3.63, 3.8) is 0 Å². The molecule has 2 bridgehead atoms. The lowest BCUT2D eigenvalue weighted by atomic mass is 9.78. The molecular weight excluding hydrogens is 514 g/mol. The molecule has 12 nitrogen and oxygen atoms in total. The Morgan fingerprint density at radius 1 is 1.17 bits per heavy atom. The normalized spacial score (nSPS) is 30.0. The molecular formula is C21H28F2O12S. The minimum absolute atomic E-state index is 0.277. The fourth-order valence-electron chi connectivity index (χ4n) is 5.11. The molecule has 15 heteroatoms.